The van der Waals surface area contributed by atoms with Crippen LogP contribution in [-0.4, -0.2) is 22.1 Å². The molecule has 1 heterocycles. The molecule has 0 bridgehead atoms. The van der Waals surface area contributed by atoms with Crippen molar-refractivity contribution in [1.29, 1.82) is 0 Å². The molecule has 0 saturated carbocycles. The van der Waals surface area contributed by atoms with Crippen LogP contribution in [0.15, 0.2) is 50.2 Å². The molecule has 0 spiro atoms. The minimum atomic E-state index is -0.327. The molecular weight excluding hydrogens is 513 g/mol. The number of carbonyl (C=O) groups is 2. The van der Waals surface area contributed by atoms with Gasteiger partial charge < -0.3 is 4.74 Å². The van der Waals surface area contributed by atoms with Crippen LogP contribution in [0.2, 0.25) is 0 Å². The van der Waals surface area contributed by atoms with Crippen molar-refractivity contribution in [2.75, 3.05) is 0 Å². The summed E-state index contributed by atoms with van der Waals surface area (Å²) in [7, 11) is 0. The van der Waals surface area contributed by atoms with Gasteiger partial charge in [0.25, 0.3) is 11.1 Å². The second kappa shape index (κ2) is 8.80. The molecule has 28 heavy (non-hydrogen) atoms. The van der Waals surface area contributed by atoms with Gasteiger partial charge in [-0.15, -0.1) is 0 Å². The third kappa shape index (κ3) is 4.50. The van der Waals surface area contributed by atoms with Crippen LogP contribution in [0.4, 0.5) is 9.18 Å². The number of nitrogens with zero attached hydrogens (tertiary/aromatic N) is 1. The minimum Gasteiger partial charge on any atom is -0.486 e. The van der Waals surface area contributed by atoms with Crippen molar-refractivity contribution in [3.8, 4) is 5.75 Å². The molecule has 0 N–H and O–H groups in total. The fraction of sp³-hybridized carbons (Fsp3) is 0.200. The number of ether oxygens (including phenoxy) is 1. The fourth-order valence-corrected chi connectivity index (χ4v) is 5.05. The Morgan fingerprint density at radius 3 is 2.39 bits per heavy atom. The van der Waals surface area contributed by atoms with Crippen molar-refractivity contribution in [2.24, 2.45) is 0 Å². The van der Waals surface area contributed by atoms with Crippen molar-refractivity contribution in [3.05, 3.63) is 67.2 Å². The molecular formula is C20H16Br2FNO3S. The van der Waals surface area contributed by atoms with Crippen LogP contribution in [0.3, 0.4) is 0 Å². The number of benzene rings is 2. The van der Waals surface area contributed by atoms with E-state index in [0.29, 0.717) is 25.2 Å². The zero-order chi connectivity index (χ0) is 20.4. The van der Waals surface area contributed by atoms with Gasteiger partial charge in [-0.3, -0.25) is 14.5 Å². The highest BCUT2D eigenvalue weighted by molar-refractivity contribution is 9.11. The molecule has 0 aromatic heterocycles. The van der Waals surface area contributed by atoms with Crippen LogP contribution in [0.5, 0.6) is 5.75 Å². The second-order valence-corrected chi connectivity index (χ2v) is 9.04. The van der Waals surface area contributed by atoms with Gasteiger partial charge in [0.2, 0.25) is 0 Å². The van der Waals surface area contributed by atoms with Crippen molar-refractivity contribution in [3.63, 3.8) is 0 Å². The quantitative estimate of drug-likeness (QED) is 0.423. The third-order valence-corrected chi connectivity index (χ3v) is 6.05. The number of thioether (sulfide) groups is 1. The highest BCUT2D eigenvalue weighted by atomic mass is 79.9. The van der Waals surface area contributed by atoms with Gasteiger partial charge in [-0.2, -0.15) is 0 Å². The lowest BCUT2D eigenvalue weighted by molar-refractivity contribution is -0.123. The average molecular weight is 529 g/mol. The normalized spacial score (nSPS) is 15.8. The van der Waals surface area contributed by atoms with Gasteiger partial charge in [0.15, 0.2) is 0 Å². The Morgan fingerprint density at radius 1 is 1.18 bits per heavy atom. The molecule has 8 heteroatoms. The summed E-state index contributed by atoms with van der Waals surface area (Å²) in [5, 5.41) is -0.269. The molecule has 3 rings (SSSR count). The molecule has 0 radical (unpaired) electrons. The maximum atomic E-state index is 13.8. The first-order valence-electron chi connectivity index (χ1n) is 8.40. The Labute approximate surface area is 183 Å². The van der Waals surface area contributed by atoms with E-state index < -0.39 is 0 Å². The molecule has 1 saturated heterocycles. The Kier molecular flexibility index (Phi) is 6.62. The molecule has 1 aliphatic rings. The van der Waals surface area contributed by atoms with E-state index in [-0.39, 0.29) is 29.6 Å². The number of hydrogen-bond donors (Lipinski definition) is 0. The molecule has 146 valence electrons. The molecule has 0 atom stereocenters. The summed E-state index contributed by atoms with van der Waals surface area (Å²) in [6.07, 6.45) is 1.67. The third-order valence-electron chi connectivity index (χ3n) is 3.99. The molecule has 2 aromatic rings. The number of carbonyl (C=O) groups excluding carboxylic acids is 2. The van der Waals surface area contributed by atoms with E-state index in [1.165, 1.54) is 11.0 Å². The van der Waals surface area contributed by atoms with Crippen LogP contribution < -0.4 is 4.74 Å². The fourth-order valence-electron chi connectivity index (χ4n) is 2.64. The standard InChI is InChI=1S/C20H16Br2FNO3S/c1-11(2)24-19(25)17(28-20(24)26)9-12-7-14(21)18(15(22)8-12)27-10-13-5-3-4-6-16(13)23/h3-9,11H,10H2,1-2H3/b17-9-. The van der Waals surface area contributed by atoms with Crippen LogP contribution in [0.25, 0.3) is 6.08 Å². The van der Waals surface area contributed by atoms with E-state index in [4.69, 9.17) is 4.74 Å². The van der Waals surface area contributed by atoms with Crippen LogP contribution in [0.1, 0.15) is 25.0 Å². The smallest absolute Gasteiger partial charge is 0.293 e. The lowest BCUT2D eigenvalue weighted by Gasteiger charge is -2.16. The monoisotopic (exact) mass is 527 g/mol. The lowest BCUT2D eigenvalue weighted by atomic mass is 10.2. The zero-order valence-corrected chi connectivity index (χ0v) is 19.0. The van der Waals surface area contributed by atoms with Crippen molar-refractivity contribution in [2.45, 2.75) is 26.5 Å². The Balaban J connectivity index is 1.82. The van der Waals surface area contributed by atoms with E-state index in [9.17, 15) is 14.0 Å². The van der Waals surface area contributed by atoms with E-state index >= 15 is 0 Å². The average Bonchev–Trinajstić information content (AvgIpc) is 2.89. The largest absolute Gasteiger partial charge is 0.486 e. The van der Waals surface area contributed by atoms with E-state index in [1.807, 2.05) is 0 Å². The number of amides is 2. The Hall–Kier alpha value is -1.64. The molecule has 1 aliphatic heterocycles. The predicted octanol–water partition coefficient (Wildman–Crippen LogP) is 6.37. The van der Waals surface area contributed by atoms with Crippen LogP contribution in [-0.2, 0) is 11.4 Å². The second-order valence-electron chi connectivity index (χ2n) is 6.34. The molecule has 2 amide bonds. The Morgan fingerprint density at radius 2 is 1.82 bits per heavy atom. The SMILES string of the molecule is CC(C)N1C(=O)S/C(=C\c2cc(Br)c(OCc3ccccc3F)c(Br)c2)C1=O. The first-order valence-corrected chi connectivity index (χ1v) is 10.8. The zero-order valence-electron chi connectivity index (χ0n) is 15.0. The molecule has 2 aromatic carbocycles. The number of halogens is 3. The van der Waals surface area contributed by atoms with Crippen molar-refractivity contribution in [1.82, 2.24) is 4.90 Å². The van der Waals surface area contributed by atoms with E-state index in [2.05, 4.69) is 31.9 Å². The summed E-state index contributed by atoms with van der Waals surface area (Å²) >= 11 is 7.83. The van der Waals surface area contributed by atoms with Crippen molar-refractivity contribution >= 4 is 60.8 Å². The molecule has 1 fully saturated rings. The van der Waals surface area contributed by atoms with Crippen molar-refractivity contribution < 1.29 is 18.7 Å². The van der Waals surface area contributed by atoms with Gasteiger partial charge in [0.05, 0.1) is 13.9 Å². The summed E-state index contributed by atoms with van der Waals surface area (Å²) in [5.41, 5.74) is 1.18. The van der Waals surface area contributed by atoms with Gasteiger partial charge in [0, 0.05) is 11.6 Å². The van der Waals surface area contributed by atoms with Gasteiger partial charge in [-0.25, -0.2) is 4.39 Å². The van der Waals surface area contributed by atoms with Gasteiger partial charge in [-0.05, 0) is 87.3 Å². The highest BCUT2D eigenvalue weighted by Crippen LogP contribution is 2.38. The molecule has 4 nitrogen and oxygen atoms in total. The number of hydrogen-bond acceptors (Lipinski definition) is 4. The maximum Gasteiger partial charge on any atom is 0.293 e. The minimum absolute atomic E-state index is 0.0799. The topological polar surface area (TPSA) is 46.6 Å². The summed E-state index contributed by atoms with van der Waals surface area (Å²) in [6, 6.07) is 9.80. The number of imide groups is 1. The van der Waals surface area contributed by atoms with E-state index in [1.54, 1.807) is 50.3 Å². The summed E-state index contributed by atoms with van der Waals surface area (Å²) < 4.78 is 20.8. The predicted molar refractivity (Wildman–Crippen MR) is 116 cm³/mol. The van der Waals surface area contributed by atoms with Gasteiger partial charge >= 0.3 is 0 Å². The maximum absolute atomic E-state index is 13.8. The molecule has 0 aliphatic carbocycles. The summed E-state index contributed by atoms with van der Waals surface area (Å²) in [4.78, 5) is 26.1. The number of rotatable bonds is 5. The van der Waals surface area contributed by atoms with Crippen LogP contribution in [0, 0.1) is 5.82 Å². The Bertz CT molecular complexity index is 955. The van der Waals surface area contributed by atoms with Crippen LogP contribution >= 0.6 is 43.6 Å². The summed E-state index contributed by atoms with van der Waals surface area (Å²) in [5.74, 6) is -0.0972. The first-order chi connectivity index (χ1) is 13.3. The van der Waals surface area contributed by atoms with Gasteiger partial charge in [-0.1, -0.05) is 18.2 Å². The lowest BCUT2D eigenvalue weighted by Crippen LogP contribution is -2.34. The van der Waals surface area contributed by atoms with Gasteiger partial charge in [0.1, 0.15) is 18.2 Å². The highest BCUT2D eigenvalue weighted by Gasteiger charge is 2.36. The summed E-state index contributed by atoms with van der Waals surface area (Å²) in [6.45, 7) is 3.68. The van der Waals surface area contributed by atoms with E-state index in [0.717, 1.165) is 17.3 Å². The first kappa shape index (κ1) is 21.1. The molecule has 0 unspecified atom stereocenters.